The first kappa shape index (κ1) is 10.9. The number of nitrogens with one attached hydrogen (secondary N) is 1. The highest BCUT2D eigenvalue weighted by molar-refractivity contribution is 5.79. The van der Waals surface area contributed by atoms with E-state index in [-0.39, 0.29) is 11.3 Å². The Morgan fingerprint density at radius 3 is 3.06 bits per heavy atom. The lowest BCUT2D eigenvalue weighted by molar-refractivity contribution is -0.119. The van der Waals surface area contributed by atoms with Crippen LogP contribution in [0.3, 0.4) is 0 Å². The summed E-state index contributed by atoms with van der Waals surface area (Å²) in [4.78, 5) is 27.6. The number of carbonyl (C=O) groups excluding carboxylic acids is 1. The zero-order valence-electron chi connectivity index (χ0n) is 9.49. The summed E-state index contributed by atoms with van der Waals surface area (Å²) in [5.74, 6) is -0.0420. The molecule has 1 aliphatic rings. The number of rotatable bonds is 2. The van der Waals surface area contributed by atoms with Gasteiger partial charge in [0.05, 0.1) is 18.1 Å². The molecule has 1 atom stereocenters. The molecular formula is C11H15N3O2. The van der Waals surface area contributed by atoms with Crippen LogP contribution in [0, 0.1) is 0 Å². The van der Waals surface area contributed by atoms with Gasteiger partial charge in [-0.3, -0.25) is 14.2 Å². The maximum absolute atomic E-state index is 12.1. The standard InChI is InChI=1S/C11H15N3O2/c1-7(8(2)15)14-6-13-9-4-3-5-12-10(9)11(14)16/h6-7,12H,3-5H2,1-2H3. The Hall–Kier alpha value is -1.65. The van der Waals surface area contributed by atoms with Gasteiger partial charge < -0.3 is 5.32 Å². The van der Waals surface area contributed by atoms with Crippen molar-refractivity contribution < 1.29 is 4.79 Å². The van der Waals surface area contributed by atoms with Crippen LogP contribution < -0.4 is 10.9 Å². The number of aromatic nitrogens is 2. The summed E-state index contributed by atoms with van der Waals surface area (Å²) in [5.41, 5.74) is 1.22. The van der Waals surface area contributed by atoms with Crippen molar-refractivity contribution in [3.63, 3.8) is 0 Å². The van der Waals surface area contributed by atoms with Gasteiger partial charge in [-0.15, -0.1) is 0 Å². The lowest BCUT2D eigenvalue weighted by atomic mass is 10.1. The number of aryl methyl sites for hydroxylation is 1. The molecule has 1 N–H and O–H groups in total. The lowest BCUT2D eigenvalue weighted by Gasteiger charge is -2.19. The fraction of sp³-hybridized carbons (Fsp3) is 0.545. The van der Waals surface area contributed by atoms with Gasteiger partial charge in [-0.05, 0) is 26.7 Å². The third-order valence-electron chi connectivity index (χ3n) is 2.97. The fourth-order valence-electron chi connectivity index (χ4n) is 1.81. The Bertz CT molecular complexity index is 479. The van der Waals surface area contributed by atoms with Crippen molar-refractivity contribution in [1.29, 1.82) is 0 Å². The quantitative estimate of drug-likeness (QED) is 0.800. The van der Waals surface area contributed by atoms with Crippen molar-refractivity contribution in [2.24, 2.45) is 0 Å². The predicted molar refractivity (Wildman–Crippen MR) is 60.7 cm³/mol. The van der Waals surface area contributed by atoms with Gasteiger partial charge in [-0.1, -0.05) is 0 Å². The average Bonchev–Trinajstić information content (AvgIpc) is 2.29. The van der Waals surface area contributed by atoms with Crippen LogP contribution in [0.15, 0.2) is 11.1 Å². The minimum atomic E-state index is -0.450. The number of hydrogen-bond donors (Lipinski definition) is 1. The van der Waals surface area contributed by atoms with Gasteiger partial charge in [0.1, 0.15) is 5.69 Å². The van der Waals surface area contributed by atoms with E-state index in [0.29, 0.717) is 5.69 Å². The van der Waals surface area contributed by atoms with Gasteiger partial charge in [-0.25, -0.2) is 4.98 Å². The van der Waals surface area contributed by atoms with Gasteiger partial charge in [0.15, 0.2) is 5.78 Å². The van der Waals surface area contributed by atoms with Crippen LogP contribution in [0.2, 0.25) is 0 Å². The smallest absolute Gasteiger partial charge is 0.277 e. The number of carbonyl (C=O) groups is 1. The first-order valence-electron chi connectivity index (χ1n) is 5.45. The van der Waals surface area contributed by atoms with E-state index >= 15 is 0 Å². The third-order valence-corrected chi connectivity index (χ3v) is 2.97. The van der Waals surface area contributed by atoms with E-state index in [4.69, 9.17) is 0 Å². The number of anilines is 1. The molecule has 1 aromatic rings. The monoisotopic (exact) mass is 221 g/mol. The SMILES string of the molecule is CC(=O)C(C)n1cnc2c(c1=O)NCCC2. The lowest BCUT2D eigenvalue weighted by Crippen LogP contribution is -2.32. The van der Waals surface area contributed by atoms with Gasteiger partial charge in [0.25, 0.3) is 5.56 Å². The molecule has 1 unspecified atom stereocenters. The molecule has 0 amide bonds. The summed E-state index contributed by atoms with van der Waals surface area (Å²) < 4.78 is 1.39. The highest BCUT2D eigenvalue weighted by atomic mass is 16.1. The van der Waals surface area contributed by atoms with Gasteiger partial charge in [0, 0.05) is 6.54 Å². The molecule has 0 aromatic carbocycles. The van der Waals surface area contributed by atoms with E-state index in [2.05, 4.69) is 10.3 Å². The first-order chi connectivity index (χ1) is 7.61. The van der Waals surface area contributed by atoms with E-state index in [0.717, 1.165) is 25.1 Å². The maximum Gasteiger partial charge on any atom is 0.277 e. The highest BCUT2D eigenvalue weighted by Crippen LogP contribution is 2.15. The molecule has 0 fully saturated rings. The molecule has 2 rings (SSSR count). The minimum Gasteiger partial charge on any atom is -0.379 e. The number of ketones is 1. The summed E-state index contributed by atoms with van der Waals surface area (Å²) in [6.45, 7) is 3.98. The largest absolute Gasteiger partial charge is 0.379 e. The van der Waals surface area contributed by atoms with Crippen LogP contribution in [0.5, 0.6) is 0 Å². The molecule has 5 nitrogen and oxygen atoms in total. The van der Waals surface area contributed by atoms with Crippen molar-refractivity contribution >= 4 is 11.5 Å². The number of nitrogens with zero attached hydrogens (tertiary/aromatic N) is 2. The molecule has 86 valence electrons. The summed E-state index contributed by atoms with van der Waals surface area (Å²) >= 11 is 0. The van der Waals surface area contributed by atoms with Crippen LogP contribution in [0.4, 0.5) is 5.69 Å². The zero-order valence-corrected chi connectivity index (χ0v) is 9.49. The molecule has 16 heavy (non-hydrogen) atoms. The van der Waals surface area contributed by atoms with E-state index < -0.39 is 6.04 Å². The molecule has 0 saturated carbocycles. The van der Waals surface area contributed by atoms with Crippen LogP contribution in [0.1, 0.15) is 32.0 Å². The molecule has 0 spiro atoms. The highest BCUT2D eigenvalue weighted by Gasteiger charge is 2.18. The van der Waals surface area contributed by atoms with Gasteiger partial charge >= 0.3 is 0 Å². The summed E-state index contributed by atoms with van der Waals surface area (Å²) in [6, 6.07) is -0.450. The average molecular weight is 221 g/mol. The Morgan fingerprint density at radius 2 is 2.38 bits per heavy atom. The Morgan fingerprint density at radius 1 is 1.62 bits per heavy atom. The van der Waals surface area contributed by atoms with Crippen molar-refractivity contribution in [1.82, 2.24) is 9.55 Å². The van der Waals surface area contributed by atoms with Crippen LogP contribution in [-0.2, 0) is 11.2 Å². The molecule has 1 aliphatic heterocycles. The molecule has 0 radical (unpaired) electrons. The maximum atomic E-state index is 12.1. The van der Waals surface area contributed by atoms with Gasteiger partial charge in [0.2, 0.25) is 0 Å². The van der Waals surface area contributed by atoms with Crippen molar-refractivity contribution in [2.75, 3.05) is 11.9 Å². The fourth-order valence-corrected chi connectivity index (χ4v) is 1.81. The van der Waals surface area contributed by atoms with Crippen molar-refractivity contribution in [3.05, 3.63) is 22.4 Å². The van der Waals surface area contributed by atoms with E-state index in [1.807, 2.05) is 0 Å². The Balaban J connectivity index is 2.50. The second-order valence-corrected chi connectivity index (χ2v) is 4.10. The van der Waals surface area contributed by atoms with Gasteiger partial charge in [-0.2, -0.15) is 0 Å². The summed E-state index contributed by atoms with van der Waals surface area (Å²) in [6.07, 6.45) is 3.29. The Kier molecular flexibility index (Phi) is 2.77. The molecule has 1 aromatic heterocycles. The first-order valence-corrected chi connectivity index (χ1v) is 5.45. The third kappa shape index (κ3) is 1.73. The molecule has 0 bridgehead atoms. The predicted octanol–water partition coefficient (Wildman–Crippen LogP) is 0.751. The Labute approximate surface area is 93.5 Å². The number of hydrogen-bond acceptors (Lipinski definition) is 4. The summed E-state index contributed by atoms with van der Waals surface area (Å²) in [5, 5.41) is 3.06. The topological polar surface area (TPSA) is 64.0 Å². The van der Waals surface area contributed by atoms with Crippen molar-refractivity contribution in [3.8, 4) is 0 Å². The molecular weight excluding hydrogens is 206 g/mol. The van der Waals surface area contributed by atoms with Crippen LogP contribution in [0.25, 0.3) is 0 Å². The zero-order chi connectivity index (χ0) is 11.7. The summed E-state index contributed by atoms with van der Waals surface area (Å²) in [7, 11) is 0. The second kappa shape index (κ2) is 4.08. The number of Topliss-reactive ketones (excluding diaryl/α,β-unsaturated/α-hetero) is 1. The normalized spacial score (nSPS) is 16.1. The molecule has 0 saturated heterocycles. The number of fused-ring (bicyclic) bond motifs is 1. The molecule has 5 heteroatoms. The molecule has 2 heterocycles. The van der Waals surface area contributed by atoms with Crippen molar-refractivity contribution in [2.45, 2.75) is 32.7 Å². The van der Waals surface area contributed by atoms with E-state index in [1.54, 1.807) is 6.92 Å². The van der Waals surface area contributed by atoms with Crippen LogP contribution >= 0.6 is 0 Å². The molecule has 0 aliphatic carbocycles. The van der Waals surface area contributed by atoms with E-state index in [9.17, 15) is 9.59 Å². The van der Waals surface area contributed by atoms with E-state index in [1.165, 1.54) is 17.8 Å². The second-order valence-electron chi connectivity index (χ2n) is 4.10. The minimum absolute atomic E-state index is 0.0420. The van der Waals surface area contributed by atoms with Crippen LogP contribution in [-0.4, -0.2) is 21.9 Å².